The summed E-state index contributed by atoms with van der Waals surface area (Å²) in [6, 6.07) is 7.84. The molecule has 0 unspecified atom stereocenters. The Hall–Kier alpha value is -2.04. The molecule has 1 amide bonds. The smallest absolute Gasteiger partial charge is 0.253 e. The maximum atomic E-state index is 12.4. The van der Waals surface area contributed by atoms with Gasteiger partial charge in [0.15, 0.2) is 5.96 Å². The van der Waals surface area contributed by atoms with Gasteiger partial charge in [0.25, 0.3) is 5.91 Å². The fraction of sp³-hybridized carbons (Fsp3) is 0.619. The van der Waals surface area contributed by atoms with Crippen LogP contribution < -0.4 is 10.6 Å². The summed E-state index contributed by atoms with van der Waals surface area (Å²) in [7, 11) is 1.81. The lowest BCUT2D eigenvalue weighted by atomic mass is 9.67. The van der Waals surface area contributed by atoms with Gasteiger partial charge in [0.05, 0.1) is 0 Å². The van der Waals surface area contributed by atoms with Crippen molar-refractivity contribution in [2.24, 2.45) is 10.4 Å². The Balaban J connectivity index is 1.85. The summed E-state index contributed by atoms with van der Waals surface area (Å²) in [6.07, 6.45) is 5.20. The zero-order chi connectivity index (χ0) is 19.0. The molecule has 0 heterocycles. The SMILES string of the molecule is CCN(CC)C(=O)c1ccc(CNC(=NC)NCC2(CC)CCC2)cc1. The van der Waals surface area contributed by atoms with Crippen molar-refractivity contribution >= 4 is 11.9 Å². The highest BCUT2D eigenvalue weighted by molar-refractivity contribution is 5.94. The molecule has 5 nitrogen and oxygen atoms in total. The Morgan fingerprint density at radius 2 is 1.77 bits per heavy atom. The van der Waals surface area contributed by atoms with Crippen LogP contribution in [-0.2, 0) is 6.54 Å². The van der Waals surface area contributed by atoms with Crippen LogP contribution in [0, 0.1) is 5.41 Å². The lowest BCUT2D eigenvalue weighted by molar-refractivity contribution is 0.0773. The van der Waals surface area contributed by atoms with Gasteiger partial charge in [0.1, 0.15) is 0 Å². The van der Waals surface area contributed by atoms with Crippen LogP contribution in [-0.4, -0.2) is 43.4 Å². The van der Waals surface area contributed by atoms with Gasteiger partial charge >= 0.3 is 0 Å². The molecule has 0 spiro atoms. The third-order valence-electron chi connectivity index (χ3n) is 5.73. The summed E-state index contributed by atoms with van der Waals surface area (Å²) in [4.78, 5) is 18.5. The van der Waals surface area contributed by atoms with Crippen molar-refractivity contribution in [3.63, 3.8) is 0 Å². The van der Waals surface area contributed by atoms with Crippen LogP contribution in [0.25, 0.3) is 0 Å². The highest BCUT2D eigenvalue weighted by atomic mass is 16.2. The summed E-state index contributed by atoms with van der Waals surface area (Å²) < 4.78 is 0. The van der Waals surface area contributed by atoms with E-state index < -0.39 is 0 Å². The van der Waals surface area contributed by atoms with E-state index in [2.05, 4.69) is 22.5 Å². The maximum Gasteiger partial charge on any atom is 0.253 e. The largest absolute Gasteiger partial charge is 0.356 e. The van der Waals surface area contributed by atoms with Crippen molar-refractivity contribution in [3.8, 4) is 0 Å². The second kappa shape index (κ2) is 9.60. The highest BCUT2D eigenvalue weighted by Crippen LogP contribution is 2.42. The first-order valence-electron chi connectivity index (χ1n) is 9.90. The van der Waals surface area contributed by atoms with E-state index >= 15 is 0 Å². The van der Waals surface area contributed by atoms with E-state index in [0.717, 1.165) is 36.7 Å². The molecule has 0 bridgehead atoms. The van der Waals surface area contributed by atoms with E-state index in [-0.39, 0.29) is 5.91 Å². The number of amides is 1. The number of nitrogens with one attached hydrogen (secondary N) is 2. The van der Waals surface area contributed by atoms with Gasteiger partial charge in [-0.1, -0.05) is 25.5 Å². The number of guanidine groups is 1. The minimum atomic E-state index is 0.0948. The Labute approximate surface area is 158 Å². The number of benzene rings is 1. The van der Waals surface area contributed by atoms with E-state index in [9.17, 15) is 4.79 Å². The van der Waals surface area contributed by atoms with Gasteiger partial charge in [-0.3, -0.25) is 9.79 Å². The van der Waals surface area contributed by atoms with E-state index in [0.29, 0.717) is 12.0 Å². The number of carbonyl (C=O) groups is 1. The molecule has 5 heteroatoms. The number of hydrogen-bond donors (Lipinski definition) is 2. The molecule has 0 atom stereocenters. The Kier molecular flexibility index (Phi) is 7.49. The number of rotatable bonds is 8. The number of hydrogen-bond acceptors (Lipinski definition) is 2. The molecular formula is C21H34N4O. The van der Waals surface area contributed by atoms with Crippen LogP contribution in [0.5, 0.6) is 0 Å². The quantitative estimate of drug-likeness (QED) is 0.553. The molecule has 0 saturated heterocycles. The zero-order valence-corrected chi connectivity index (χ0v) is 16.8. The molecule has 144 valence electrons. The molecule has 2 rings (SSSR count). The summed E-state index contributed by atoms with van der Waals surface area (Å²) in [5.74, 6) is 0.936. The average Bonchev–Trinajstić information content (AvgIpc) is 2.65. The third-order valence-corrected chi connectivity index (χ3v) is 5.73. The lowest BCUT2D eigenvalue weighted by Gasteiger charge is -2.41. The molecule has 2 N–H and O–H groups in total. The molecule has 0 radical (unpaired) electrons. The Bertz CT molecular complexity index is 595. The first-order valence-corrected chi connectivity index (χ1v) is 9.90. The maximum absolute atomic E-state index is 12.4. The fourth-order valence-corrected chi connectivity index (χ4v) is 3.47. The fourth-order valence-electron chi connectivity index (χ4n) is 3.47. The van der Waals surface area contributed by atoms with Crippen molar-refractivity contribution in [2.75, 3.05) is 26.7 Å². The van der Waals surface area contributed by atoms with Crippen LogP contribution in [0.1, 0.15) is 62.4 Å². The molecule has 1 aliphatic carbocycles. The molecule has 1 aromatic carbocycles. The van der Waals surface area contributed by atoms with E-state index in [1.165, 1.54) is 25.7 Å². The van der Waals surface area contributed by atoms with Gasteiger partial charge in [0, 0.05) is 38.8 Å². The molecule has 0 aromatic heterocycles. The first kappa shape index (κ1) is 20.3. The first-order chi connectivity index (χ1) is 12.6. The van der Waals surface area contributed by atoms with E-state index in [1.807, 2.05) is 43.0 Å². The van der Waals surface area contributed by atoms with Gasteiger partial charge < -0.3 is 15.5 Å². The van der Waals surface area contributed by atoms with Gasteiger partial charge in [-0.25, -0.2) is 0 Å². The molecule has 1 aromatic rings. The van der Waals surface area contributed by atoms with Gasteiger partial charge in [-0.2, -0.15) is 0 Å². The number of nitrogens with zero attached hydrogens (tertiary/aromatic N) is 2. The third kappa shape index (κ3) is 4.99. The molecular weight excluding hydrogens is 324 g/mol. The van der Waals surface area contributed by atoms with Crippen molar-refractivity contribution < 1.29 is 4.79 Å². The molecule has 1 saturated carbocycles. The molecule has 1 fully saturated rings. The topological polar surface area (TPSA) is 56.7 Å². The summed E-state index contributed by atoms with van der Waals surface area (Å²) in [5.41, 5.74) is 2.34. The molecule has 0 aliphatic heterocycles. The van der Waals surface area contributed by atoms with Gasteiger partial charge in [-0.05, 0) is 56.2 Å². The molecule has 26 heavy (non-hydrogen) atoms. The summed E-state index contributed by atoms with van der Waals surface area (Å²) in [5, 5.41) is 6.84. The zero-order valence-electron chi connectivity index (χ0n) is 16.8. The van der Waals surface area contributed by atoms with Crippen LogP contribution in [0.15, 0.2) is 29.3 Å². The van der Waals surface area contributed by atoms with Gasteiger partial charge in [-0.15, -0.1) is 0 Å². The summed E-state index contributed by atoms with van der Waals surface area (Å²) in [6.45, 7) is 9.44. The standard InChI is InChI=1S/C21H34N4O/c1-5-21(13-8-14-21)16-24-20(22-4)23-15-17-9-11-18(12-10-17)19(26)25(6-2)7-3/h9-12H,5-8,13-16H2,1-4H3,(H2,22,23,24). The normalized spacial score (nSPS) is 15.9. The predicted octanol–water partition coefficient (Wildman–Crippen LogP) is 3.41. The van der Waals surface area contributed by atoms with Crippen molar-refractivity contribution in [1.29, 1.82) is 0 Å². The minimum Gasteiger partial charge on any atom is -0.356 e. The summed E-state index contributed by atoms with van der Waals surface area (Å²) >= 11 is 0. The number of aliphatic imine (C=N–C) groups is 1. The molecule has 1 aliphatic rings. The van der Waals surface area contributed by atoms with Crippen LogP contribution >= 0.6 is 0 Å². The Morgan fingerprint density at radius 1 is 1.12 bits per heavy atom. The number of carbonyl (C=O) groups excluding carboxylic acids is 1. The van der Waals surface area contributed by atoms with E-state index in [1.54, 1.807) is 7.05 Å². The van der Waals surface area contributed by atoms with Crippen LogP contribution in [0.3, 0.4) is 0 Å². The Morgan fingerprint density at radius 3 is 2.23 bits per heavy atom. The van der Waals surface area contributed by atoms with Gasteiger partial charge in [0.2, 0.25) is 0 Å². The second-order valence-electron chi connectivity index (χ2n) is 7.16. The highest BCUT2D eigenvalue weighted by Gasteiger charge is 2.34. The van der Waals surface area contributed by atoms with Crippen molar-refractivity contribution in [2.45, 2.75) is 53.0 Å². The monoisotopic (exact) mass is 358 g/mol. The predicted molar refractivity (Wildman–Crippen MR) is 108 cm³/mol. The van der Waals surface area contributed by atoms with Crippen LogP contribution in [0.4, 0.5) is 0 Å². The van der Waals surface area contributed by atoms with Crippen LogP contribution in [0.2, 0.25) is 0 Å². The second-order valence-corrected chi connectivity index (χ2v) is 7.16. The average molecular weight is 359 g/mol. The minimum absolute atomic E-state index is 0.0948. The van der Waals surface area contributed by atoms with Crippen molar-refractivity contribution in [1.82, 2.24) is 15.5 Å². The van der Waals surface area contributed by atoms with E-state index in [4.69, 9.17) is 0 Å². The lowest BCUT2D eigenvalue weighted by Crippen LogP contribution is -2.46. The van der Waals surface area contributed by atoms with Crippen molar-refractivity contribution in [3.05, 3.63) is 35.4 Å².